The first-order valence-electron chi connectivity index (χ1n) is 12.0. The Morgan fingerprint density at radius 2 is 1.69 bits per heavy atom. The van der Waals surface area contributed by atoms with E-state index in [2.05, 4.69) is 74.7 Å². The highest BCUT2D eigenvalue weighted by Gasteiger charge is 2.25. The highest BCUT2D eigenvalue weighted by molar-refractivity contribution is 9.11. The molecule has 0 radical (unpaired) electrons. The van der Waals surface area contributed by atoms with Crippen LogP contribution in [0.4, 0.5) is 5.69 Å². The summed E-state index contributed by atoms with van der Waals surface area (Å²) < 4.78 is 36.1. The van der Waals surface area contributed by atoms with E-state index in [0.717, 1.165) is 40.2 Å². The molecule has 35 heavy (non-hydrogen) atoms. The van der Waals surface area contributed by atoms with Gasteiger partial charge in [0.15, 0.2) is 0 Å². The van der Waals surface area contributed by atoms with Crippen molar-refractivity contribution in [3.8, 4) is 5.75 Å². The van der Waals surface area contributed by atoms with Gasteiger partial charge in [-0.15, -0.1) is 0 Å². The molecule has 0 fully saturated rings. The van der Waals surface area contributed by atoms with Gasteiger partial charge in [0, 0.05) is 8.95 Å². The Hall–Kier alpha value is -1.83. The molecule has 1 unspecified atom stereocenters. The third-order valence-electron chi connectivity index (χ3n) is 6.66. The number of halogens is 2. The molecule has 1 N–H and O–H groups in total. The van der Waals surface area contributed by atoms with Gasteiger partial charge in [0.25, 0.3) is 0 Å². The van der Waals surface area contributed by atoms with Crippen molar-refractivity contribution in [3.63, 3.8) is 0 Å². The summed E-state index contributed by atoms with van der Waals surface area (Å²) in [7, 11) is -3.44. The molecule has 1 atom stereocenters. The van der Waals surface area contributed by atoms with Crippen LogP contribution >= 0.6 is 31.9 Å². The quantitative estimate of drug-likeness (QED) is 0.279. The lowest BCUT2D eigenvalue weighted by Gasteiger charge is -2.28. The molecule has 3 aromatic carbocycles. The molecule has 186 valence electrons. The predicted octanol–water partition coefficient (Wildman–Crippen LogP) is 7.83. The molecule has 0 amide bonds. The van der Waals surface area contributed by atoms with E-state index in [1.165, 1.54) is 27.8 Å². The van der Waals surface area contributed by atoms with Crippen LogP contribution in [0.3, 0.4) is 0 Å². The van der Waals surface area contributed by atoms with Gasteiger partial charge in [-0.2, -0.15) is 0 Å². The van der Waals surface area contributed by atoms with Crippen molar-refractivity contribution in [2.75, 3.05) is 10.5 Å². The minimum absolute atomic E-state index is 0.0103. The summed E-state index contributed by atoms with van der Waals surface area (Å²) in [4.78, 5) is 0. The molecule has 1 aliphatic rings. The highest BCUT2D eigenvalue weighted by Crippen LogP contribution is 2.41. The molecule has 4 nitrogen and oxygen atoms in total. The number of fused-ring (bicyclic) bond motifs is 1. The maximum atomic E-state index is 12.5. The van der Waals surface area contributed by atoms with Crippen LogP contribution in [0.2, 0.25) is 0 Å². The van der Waals surface area contributed by atoms with Crippen molar-refractivity contribution in [1.29, 1.82) is 0 Å². The second-order valence-corrected chi connectivity index (χ2v) is 13.0. The van der Waals surface area contributed by atoms with E-state index in [9.17, 15) is 8.42 Å². The molecule has 4 rings (SSSR count). The largest absolute Gasteiger partial charge is 0.487 e. The average molecular weight is 621 g/mol. The number of rotatable bonds is 8. The zero-order valence-corrected chi connectivity index (χ0v) is 24.3. The second kappa shape index (κ2) is 11.1. The lowest BCUT2D eigenvalue weighted by Crippen LogP contribution is -2.18. The molecule has 3 aromatic rings. The number of hydrogen-bond acceptors (Lipinski definition) is 3. The van der Waals surface area contributed by atoms with Crippen LogP contribution in [0.15, 0.2) is 57.5 Å². The van der Waals surface area contributed by atoms with Gasteiger partial charge in [0.2, 0.25) is 10.0 Å². The first-order chi connectivity index (χ1) is 16.6. The fourth-order valence-corrected chi connectivity index (χ4v) is 6.45. The van der Waals surface area contributed by atoms with Crippen molar-refractivity contribution in [2.45, 2.75) is 59.0 Å². The summed E-state index contributed by atoms with van der Waals surface area (Å²) in [5.74, 6) is 0.912. The molecular formula is C28H31Br2NO3S. The van der Waals surface area contributed by atoms with Gasteiger partial charge in [0.1, 0.15) is 12.4 Å². The number of anilines is 1. The maximum absolute atomic E-state index is 12.5. The van der Waals surface area contributed by atoms with Gasteiger partial charge >= 0.3 is 0 Å². The van der Waals surface area contributed by atoms with Crippen molar-refractivity contribution >= 4 is 47.6 Å². The molecule has 0 saturated heterocycles. The van der Waals surface area contributed by atoms with E-state index in [0.29, 0.717) is 24.0 Å². The van der Waals surface area contributed by atoms with Gasteiger partial charge in [-0.1, -0.05) is 61.7 Å². The molecule has 0 aromatic heterocycles. The molecule has 0 bridgehead atoms. The average Bonchev–Trinajstić information content (AvgIpc) is 2.82. The standard InChI is InChI=1S/C28H31Br2NO3S/c1-4-35(32,33)31-27-16-24-22(12-21-13-25(29)19(3)26(30)14-21)6-5-7-23(24)15-28(27)34-17-20-10-8-18(2)9-11-20/h8-11,13-16,22,31H,4-7,12,17H2,1-3H3. The van der Waals surface area contributed by atoms with Crippen LogP contribution in [-0.2, 0) is 29.5 Å². The van der Waals surface area contributed by atoms with Crippen LogP contribution in [0.25, 0.3) is 0 Å². The summed E-state index contributed by atoms with van der Waals surface area (Å²) in [6.45, 7) is 6.16. The Kier molecular flexibility index (Phi) is 8.29. The van der Waals surface area contributed by atoms with Gasteiger partial charge < -0.3 is 4.74 Å². The number of nitrogens with one attached hydrogen (secondary N) is 1. The van der Waals surface area contributed by atoms with Crippen LogP contribution in [0.5, 0.6) is 5.75 Å². The number of hydrogen-bond donors (Lipinski definition) is 1. The molecule has 0 spiro atoms. The van der Waals surface area contributed by atoms with E-state index >= 15 is 0 Å². The minimum atomic E-state index is -3.44. The summed E-state index contributed by atoms with van der Waals surface area (Å²) in [6, 6.07) is 16.6. The monoisotopic (exact) mass is 619 g/mol. The summed E-state index contributed by atoms with van der Waals surface area (Å²) >= 11 is 7.35. The lowest BCUT2D eigenvalue weighted by molar-refractivity contribution is 0.307. The van der Waals surface area contributed by atoms with Crippen LogP contribution in [-0.4, -0.2) is 14.2 Å². The summed E-state index contributed by atoms with van der Waals surface area (Å²) in [6.07, 6.45) is 4.03. The third-order valence-corrected chi connectivity index (χ3v) is 9.60. The van der Waals surface area contributed by atoms with Crippen LogP contribution in [0.1, 0.15) is 59.1 Å². The molecule has 7 heteroatoms. The Bertz CT molecular complexity index is 1300. The number of benzene rings is 3. The van der Waals surface area contributed by atoms with Crippen molar-refractivity contribution in [1.82, 2.24) is 0 Å². The van der Waals surface area contributed by atoms with E-state index in [1.54, 1.807) is 6.92 Å². The third kappa shape index (κ3) is 6.49. The fourth-order valence-electron chi connectivity index (χ4n) is 4.53. The van der Waals surface area contributed by atoms with Gasteiger partial charge in [-0.25, -0.2) is 8.42 Å². The van der Waals surface area contributed by atoms with E-state index in [4.69, 9.17) is 4.74 Å². The second-order valence-electron chi connectivity index (χ2n) is 9.30. The number of sulfonamides is 1. The molecule has 0 heterocycles. The SMILES string of the molecule is CCS(=O)(=O)Nc1cc2c(cc1OCc1ccc(C)cc1)CCCC2Cc1cc(Br)c(C)c(Br)c1. The van der Waals surface area contributed by atoms with Crippen molar-refractivity contribution in [2.24, 2.45) is 0 Å². The van der Waals surface area contributed by atoms with Gasteiger partial charge in [0.05, 0.1) is 11.4 Å². The number of ether oxygens (including phenoxy) is 1. The fraction of sp³-hybridized carbons (Fsp3) is 0.357. The molecule has 0 aliphatic heterocycles. The van der Waals surface area contributed by atoms with Crippen molar-refractivity contribution < 1.29 is 13.2 Å². The van der Waals surface area contributed by atoms with Crippen molar-refractivity contribution in [3.05, 3.63) is 90.9 Å². The minimum Gasteiger partial charge on any atom is -0.487 e. The number of aryl methyl sites for hydroxylation is 2. The highest BCUT2D eigenvalue weighted by atomic mass is 79.9. The Balaban J connectivity index is 1.67. The van der Waals surface area contributed by atoms with Crippen LogP contribution in [0, 0.1) is 13.8 Å². The van der Waals surface area contributed by atoms with Crippen LogP contribution < -0.4 is 9.46 Å². The normalized spacial score (nSPS) is 15.5. The summed E-state index contributed by atoms with van der Waals surface area (Å²) in [5.41, 5.74) is 7.65. The predicted molar refractivity (Wildman–Crippen MR) is 151 cm³/mol. The Morgan fingerprint density at radius 3 is 2.34 bits per heavy atom. The Morgan fingerprint density at radius 1 is 1.00 bits per heavy atom. The van der Waals surface area contributed by atoms with Gasteiger partial charge in [-0.3, -0.25) is 4.72 Å². The zero-order valence-electron chi connectivity index (χ0n) is 20.3. The zero-order chi connectivity index (χ0) is 25.2. The molecular weight excluding hydrogens is 590 g/mol. The maximum Gasteiger partial charge on any atom is 0.232 e. The molecule has 1 aliphatic carbocycles. The van der Waals surface area contributed by atoms with E-state index < -0.39 is 10.0 Å². The first kappa shape index (κ1) is 26.2. The van der Waals surface area contributed by atoms with Gasteiger partial charge in [-0.05, 0) is 104 Å². The topological polar surface area (TPSA) is 55.4 Å². The Labute approximate surface area is 225 Å². The summed E-state index contributed by atoms with van der Waals surface area (Å²) in [5, 5.41) is 0. The smallest absolute Gasteiger partial charge is 0.232 e. The van der Waals surface area contributed by atoms with E-state index in [-0.39, 0.29) is 5.75 Å². The lowest BCUT2D eigenvalue weighted by atomic mass is 9.79. The molecule has 0 saturated carbocycles. The first-order valence-corrected chi connectivity index (χ1v) is 15.2. The van der Waals surface area contributed by atoms with E-state index in [1.807, 2.05) is 24.3 Å².